The van der Waals surface area contributed by atoms with Crippen molar-refractivity contribution >= 4 is 12.2 Å². The zero-order chi connectivity index (χ0) is 15.5. The van der Waals surface area contributed by atoms with Gasteiger partial charge in [0.25, 0.3) is 0 Å². The van der Waals surface area contributed by atoms with Crippen LogP contribution in [0.1, 0.15) is 5.56 Å². The molecule has 1 aromatic heterocycles. The molecular formula is C18H16N2OS. The second-order valence-electron chi connectivity index (χ2n) is 5.03. The summed E-state index contributed by atoms with van der Waals surface area (Å²) in [6, 6.07) is 18.0. The number of ether oxygens (including phenoxy) is 1. The summed E-state index contributed by atoms with van der Waals surface area (Å²) in [5.74, 6) is 0.819. The zero-order valence-corrected chi connectivity index (χ0v) is 13.3. The number of aryl methyl sites for hydroxylation is 1. The average molecular weight is 308 g/mol. The number of benzene rings is 2. The lowest BCUT2D eigenvalue weighted by molar-refractivity contribution is 0.414. The minimum absolute atomic E-state index is 0.531. The van der Waals surface area contributed by atoms with Gasteiger partial charge < -0.3 is 4.74 Å². The van der Waals surface area contributed by atoms with Crippen LogP contribution in [-0.4, -0.2) is 16.7 Å². The molecule has 0 spiro atoms. The minimum atomic E-state index is 0.531. The first kappa shape index (κ1) is 14.5. The average Bonchev–Trinajstić information content (AvgIpc) is 2.56. The minimum Gasteiger partial charge on any atom is -0.497 e. The first-order valence-electron chi connectivity index (χ1n) is 6.98. The van der Waals surface area contributed by atoms with Crippen molar-refractivity contribution in [3.05, 3.63) is 71.1 Å². The van der Waals surface area contributed by atoms with Gasteiger partial charge in [-0.3, -0.25) is 4.57 Å². The lowest BCUT2D eigenvalue weighted by atomic mass is 10.1. The Hall–Kier alpha value is -2.46. The van der Waals surface area contributed by atoms with Gasteiger partial charge in [-0.15, -0.1) is 0 Å². The quantitative estimate of drug-likeness (QED) is 0.662. The van der Waals surface area contributed by atoms with Crippen LogP contribution in [0.4, 0.5) is 0 Å². The summed E-state index contributed by atoms with van der Waals surface area (Å²) in [5, 5.41) is 0. The number of nitrogens with zero attached hydrogens (tertiary/aromatic N) is 2. The third kappa shape index (κ3) is 2.92. The van der Waals surface area contributed by atoms with Crippen molar-refractivity contribution in [3.8, 4) is 22.7 Å². The summed E-state index contributed by atoms with van der Waals surface area (Å²) in [4.78, 5) is 4.54. The first-order valence-corrected chi connectivity index (χ1v) is 7.39. The van der Waals surface area contributed by atoms with Gasteiger partial charge in [-0.05, 0) is 49.5 Å². The molecule has 3 nitrogen and oxygen atoms in total. The van der Waals surface area contributed by atoms with E-state index in [0.717, 1.165) is 22.7 Å². The van der Waals surface area contributed by atoms with Crippen molar-refractivity contribution in [3.63, 3.8) is 0 Å². The first-order chi connectivity index (χ1) is 10.7. The Morgan fingerprint density at radius 2 is 1.64 bits per heavy atom. The van der Waals surface area contributed by atoms with Gasteiger partial charge in [-0.2, -0.15) is 0 Å². The lowest BCUT2D eigenvalue weighted by Crippen LogP contribution is -1.99. The fraction of sp³-hybridized carbons (Fsp3) is 0.111. The second-order valence-corrected chi connectivity index (χ2v) is 5.39. The number of rotatable bonds is 3. The third-order valence-corrected chi connectivity index (χ3v) is 3.79. The van der Waals surface area contributed by atoms with Crippen molar-refractivity contribution in [2.45, 2.75) is 6.92 Å². The van der Waals surface area contributed by atoms with Gasteiger partial charge in [-0.25, -0.2) is 4.98 Å². The molecule has 0 aliphatic heterocycles. The molecule has 0 aliphatic rings. The standard InChI is InChI=1S/C18H16N2OS/c1-13-3-5-14(6-4-13)17-11-12-20(18(22)19-17)15-7-9-16(21-2)10-8-15/h3-12H,1-2H3. The van der Waals surface area contributed by atoms with E-state index in [1.165, 1.54) is 5.56 Å². The molecule has 0 bridgehead atoms. The zero-order valence-electron chi connectivity index (χ0n) is 12.5. The molecule has 0 unspecified atom stereocenters. The molecule has 1 heterocycles. The lowest BCUT2D eigenvalue weighted by Gasteiger charge is -2.09. The van der Waals surface area contributed by atoms with Gasteiger partial charge in [0, 0.05) is 17.4 Å². The number of aromatic nitrogens is 2. The van der Waals surface area contributed by atoms with Crippen molar-refractivity contribution in [1.29, 1.82) is 0 Å². The predicted octanol–water partition coefficient (Wildman–Crippen LogP) is 4.59. The highest BCUT2D eigenvalue weighted by molar-refractivity contribution is 7.71. The Kier molecular flexibility index (Phi) is 4.02. The van der Waals surface area contributed by atoms with E-state index in [1.807, 2.05) is 41.1 Å². The Morgan fingerprint density at radius 3 is 2.23 bits per heavy atom. The van der Waals surface area contributed by atoms with Crippen LogP contribution in [0, 0.1) is 11.7 Å². The van der Waals surface area contributed by atoms with Crippen molar-refractivity contribution in [1.82, 2.24) is 9.55 Å². The van der Waals surface area contributed by atoms with Crippen LogP contribution in [0.25, 0.3) is 16.9 Å². The second kappa shape index (κ2) is 6.12. The molecule has 4 heteroatoms. The van der Waals surface area contributed by atoms with Crippen LogP contribution >= 0.6 is 12.2 Å². The highest BCUT2D eigenvalue weighted by atomic mass is 32.1. The molecular weight excluding hydrogens is 292 g/mol. The normalized spacial score (nSPS) is 10.5. The fourth-order valence-corrected chi connectivity index (χ4v) is 2.49. The summed E-state index contributed by atoms with van der Waals surface area (Å²) >= 11 is 5.43. The molecule has 22 heavy (non-hydrogen) atoms. The third-order valence-electron chi connectivity index (χ3n) is 3.50. The number of methoxy groups -OCH3 is 1. The van der Waals surface area contributed by atoms with Gasteiger partial charge >= 0.3 is 0 Å². The van der Waals surface area contributed by atoms with Crippen molar-refractivity contribution in [2.24, 2.45) is 0 Å². The molecule has 0 aliphatic carbocycles. The molecule has 110 valence electrons. The molecule has 0 N–H and O–H groups in total. The van der Waals surface area contributed by atoms with Gasteiger partial charge in [0.2, 0.25) is 4.77 Å². The molecule has 0 saturated heterocycles. The fourth-order valence-electron chi connectivity index (χ4n) is 2.23. The van der Waals surface area contributed by atoms with E-state index in [-0.39, 0.29) is 0 Å². The molecule has 3 rings (SSSR count). The summed E-state index contributed by atoms with van der Waals surface area (Å²) in [7, 11) is 1.65. The number of hydrogen-bond acceptors (Lipinski definition) is 3. The van der Waals surface area contributed by atoms with Gasteiger partial charge in [0.1, 0.15) is 5.75 Å². The molecule has 0 radical (unpaired) electrons. The van der Waals surface area contributed by atoms with Crippen molar-refractivity contribution < 1.29 is 4.74 Å². The molecule has 3 aromatic rings. The number of hydrogen-bond donors (Lipinski definition) is 0. The molecule has 0 amide bonds. The van der Waals surface area contributed by atoms with E-state index in [9.17, 15) is 0 Å². The van der Waals surface area contributed by atoms with E-state index in [2.05, 4.69) is 36.2 Å². The largest absolute Gasteiger partial charge is 0.497 e. The van der Waals surface area contributed by atoms with Gasteiger partial charge in [0.15, 0.2) is 0 Å². The maximum absolute atomic E-state index is 5.43. The Morgan fingerprint density at radius 1 is 0.955 bits per heavy atom. The van der Waals surface area contributed by atoms with Crippen LogP contribution in [-0.2, 0) is 0 Å². The maximum Gasteiger partial charge on any atom is 0.204 e. The maximum atomic E-state index is 5.43. The van der Waals surface area contributed by atoms with E-state index in [0.29, 0.717) is 4.77 Å². The highest BCUT2D eigenvalue weighted by Crippen LogP contribution is 2.19. The Balaban J connectivity index is 1.98. The van der Waals surface area contributed by atoms with Gasteiger partial charge in [-0.1, -0.05) is 29.8 Å². The summed E-state index contributed by atoms with van der Waals surface area (Å²) in [5.41, 5.74) is 4.15. The monoisotopic (exact) mass is 308 g/mol. The summed E-state index contributed by atoms with van der Waals surface area (Å²) in [6.45, 7) is 2.07. The van der Waals surface area contributed by atoms with E-state index in [1.54, 1.807) is 7.11 Å². The van der Waals surface area contributed by atoms with Crippen molar-refractivity contribution in [2.75, 3.05) is 7.11 Å². The van der Waals surface area contributed by atoms with E-state index < -0.39 is 0 Å². The van der Waals surface area contributed by atoms with Crippen LogP contribution in [0.3, 0.4) is 0 Å². The summed E-state index contributed by atoms with van der Waals surface area (Å²) in [6.07, 6.45) is 1.95. The van der Waals surface area contributed by atoms with Crippen LogP contribution in [0.2, 0.25) is 0 Å². The van der Waals surface area contributed by atoms with E-state index in [4.69, 9.17) is 17.0 Å². The highest BCUT2D eigenvalue weighted by Gasteiger charge is 2.03. The molecule has 0 atom stereocenters. The topological polar surface area (TPSA) is 27.1 Å². The van der Waals surface area contributed by atoms with Gasteiger partial charge in [0.05, 0.1) is 12.8 Å². The SMILES string of the molecule is COc1ccc(-n2ccc(-c3ccc(C)cc3)nc2=S)cc1. The smallest absolute Gasteiger partial charge is 0.204 e. The predicted molar refractivity (Wildman–Crippen MR) is 91.1 cm³/mol. The van der Waals surface area contributed by atoms with Crippen LogP contribution < -0.4 is 4.74 Å². The molecule has 2 aromatic carbocycles. The van der Waals surface area contributed by atoms with E-state index >= 15 is 0 Å². The van der Waals surface area contributed by atoms with Crippen LogP contribution in [0.5, 0.6) is 5.75 Å². The van der Waals surface area contributed by atoms with Crippen LogP contribution in [0.15, 0.2) is 60.8 Å². The molecule has 0 saturated carbocycles. The molecule has 0 fully saturated rings. The summed E-state index contributed by atoms with van der Waals surface area (Å²) < 4.78 is 7.58. The Labute approximate surface area is 134 Å². The Bertz CT molecular complexity index is 836.